The van der Waals surface area contributed by atoms with Crippen LogP contribution in [-0.2, 0) is 0 Å². The molecule has 2 N–H and O–H groups in total. The molecule has 94 valence electrons. The van der Waals surface area contributed by atoms with Crippen LogP contribution in [0, 0.1) is 11.8 Å². The molecule has 0 unspecified atom stereocenters. The summed E-state index contributed by atoms with van der Waals surface area (Å²) >= 11 is 0. The van der Waals surface area contributed by atoms with Crippen LogP contribution in [0.5, 0.6) is 0 Å². The average Bonchev–Trinajstić information content (AvgIpc) is 2.28. The molecular formula is C15H23NO. The summed E-state index contributed by atoms with van der Waals surface area (Å²) in [6.45, 7) is 4.76. The summed E-state index contributed by atoms with van der Waals surface area (Å²) in [7, 11) is 0. The molecule has 17 heavy (non-hydrogen) atoms. The predicted octanol–water partition coefficient (Wildman–Crippen LogP) is 2.74. The van der Waals surface area contributed by atoms with Crippen molar-refractivity contribution in [1.29, 1.82) is 0 Å². The highest BCUT2D eigenvalue weighted by Gasteiger charge is 2.32. The largest absolute Gasteiger partial charge is 0.394 e. The fourth-order valence-electron chi connectivity index (χ4n) is 2.57. The first-order chi connectivity index (χ1) is 8.20. The van der Waals surface area contributed by atoms with Crippen molar-refractivity contribution >= 4 is 0 Å². The first-order valence-electron chi connectivity index (χ1n) is 6.62. The molecule has 1 fully saturated rings. The molecule has 2 rings (SSSR count). The summed E-state index contributed by atoms with van der Waals surface area (Å²) in [5.74, 6) is 1.65. The number of hydrogen-bond acceptors (Lipinski definition) is 2. The minimum absolute atomic E-state index is 0.0920. The van der Waals surface area contributed by atoms with E-state index in [0.29, 0.717) is 6.04 Å². The van der Waals surface area contributed by atoms with E-state index in [0.717, 1.165) is 11.8 Å². The summed E-state index contributed by atoms with van der Waals surface area (Å²) in [5.41, 5.74) is 1.18. The molecule has 0 amide bonds. The minimum Gasteiger partial charge on any atom is -0.394 e. The molecule has 2 nitrogen and oxygen atoms in total. The number of rotatable bonds is 5. The molecule has 0 saturated heterocycles. The minimum atomic E-state index is 0.0920. The van der Waals surface area contributed by atoms with Crippen LogP contribution in [0.4, 0.5) is 0 Å². The standard InChI is InChI=1S/C15H23NO/c1-11(2)13-8-14(9-13)16-15(10-17)12-6-4-3-5-7-12/h3-7,11,13-17H,8-10H2,1-2H3/t13?,14?,15-/m0/s1. The van der Waals surface area contributed by atoms with Crippen molar-refractivity contribution < 1.29 is 5.11 Å². The summed E-state index contributed by atoms with van der Waals surface area (Å²) < 4.78 is 0. The van der Waals surface area contributed by atoms with Crippen molar-refractivity contribution in [1.82, 2.24) is 5.32 Å². The quantitative estimate of drug-likeness (QED) is 0.819. The number of hydrogen-bond donors (Lipinski definition) is 2. The van der Waals surface area contributed by atoms with Crippen LogP contribution in [0.15, 0.2) is 30.3 Å². The molecule has 0 bridgehead atoms. The molecule has 2 heteroatoms. The van der Waals surface area contributed by atoms with Gasteiger partial charge in [-0.15, -0.1) is 0 Å². The second-order valence-electron chi connectivity index (χ2n) is 5.48. The first-order valence-corrected chi connectivity index (χ1v) is 6.62. The number of nitrogens with one attached hydrogen (secondary N) is 1. The highest BCUT2D eigenvalue weighted by atomic mass is 16.3. The number of aliphatic hydroxyl groups is 1. The van der Waals surface area contributed by atoms with Crippen LogP contribution in [0.2, 0.25) is 0 Å². The molecule has 1 aliphatic rings. The molecule has 1 atom stereocenters. The maximum atomic E-state index is 9.46. The van der Waals surface area contributed by atoms with Gasteiger partial charge >= 0.3 is 0 Å². The molecule has 1 saturated carbocycles. The van der Waals surface area contributed by atoms with Crippen LogP contribution in [0.25, 0.3) is 0 Å². The van der Waals surface area contributed by atoms with E-state index in [1.165, 1.54) is 18.4 Å². The second-order valence-corrected chi connectivity index (χ2v) is 5.48. The van der Waals surface area contributed by atoms with Gasteiger partial charge in [0.1, 0.15) is 0 Å². The Hall–Kier alpha value is -0.860. The van der Waals surface area contributed by atoms with E-state index in [-0.39, 0.29) is 12.6 Å². The van der Waals surface area contributed by atoms with Crippen LogP contribution in [-0.4, -0.2) is 17.8 Å². The summed E-state index contributed by atoms with van der Waals surface area (Å²) in [4.78, 5) is 0. The SMILES string of the molecule is CC(C)C1CC(N[C@@H](CO)c2ccccc2)C1. The summed E-state index contributed by atoms with van der Waals surface area (Å²) in [6.07, 6.45) is 2.50. The zero-order valence-electron chi connectivity index (χ0n) is 10.8. The van der Waals surface area contributed by atoms with Gasteiger partial charge in [0.05, 0.1) is 12.6 Å². The topological polar surface area (TPSA) is 32.3 Å². The van der Waals surface area contributed by atoms with Gasteiger partial charge in [0.25, 0.3) is 0 Å². The molecular weight excluding hydrogens is 210 g/mol. The van der Waals surface area contributed by atoms with Crippen molar-refractivity contribution in [2.45, 2.75) is 38.8 Å². The van der Waals surface area contributed by atoms with Gasteiger partial charge in [-0.05, 0) is 30.2 Å². The monoisotopic (exact) mass is 233 g/mol. The summed E-state index contributed by atoms with van der Waals surface area (Å²) in [5, 5.41) is 13.0. The van der Waals surface area contributed by atoms with Gasteiger partial charge in [-0.3, -0.25) is 0 Å². The number of benzene rings is 1. The molecule has 1 aromatic carbocycles. The van der Waals surface area contributed by atoms with Gasteiger partial charge in [-0.25, -0.2) is 0 Å². The van der Waals surface area contributed by atoms with Crippen molar-refractivity contribution in [2.75, 3.05) is 6.61 Å². The highest BCUT2D eigenvalue weighted by molar-refractivity contribution is 5.19. The fourth-order valence-corrected chi connectivity index (χ4v) is 2.57. The van der Waals surface area contributed by atoms with E-state index in [4.69, 9.17) is 0 Å². The maximum Gasteiger partial charge on any atom is 0.0626 e. The van der Waals surface area contributed by atoms with Crippen LogP contribution in [0.3, 0.4) is 0 Å². The van der Waals surface area contributed by atoms with E-state index in [2.05, 4.69) is 31.3 Å². The fraction of sp³-hybridized carbons (Fsp3) is 0.600. The van der Waals surface area contributed by atoms with E-state index >= 15 is 0 Å². The van der Waals surface area contributed by atoms with Crippen molar-refractivity contribution in [3.05, 3.63) is 35.9 Å². The van der Waals surface area contributed by atoms with Crippen molar-refractivity contribution in [3.8, 4) is 0 Å². The maximum absolute atomic E-state index is 9.46. The Balaban J connectivity index is 1.86. The zero-order chi connectivity index (χ0) is 12.3. The van der Waals surface area contributed by atoms with Gasteiger partial charge in [-0.1, -0.05) is 44.2 Å². The molecule has 1 aliphatic carbocycles. The van der Waals surface area contributed by atoms with Crippen LogP contribution < -0.4 is 5.32 Å². The van der Waals surface area contributed by atoms with E-state index in [1.807, 2.05) is 18.2 Å². The van der Waals surface area contributed by atoms with Gasteiger partial charge in [0, 0.05) is 6.04 Å². The Bertz CT molecular complexity index is 330. The van der Waals surface area contributed by atoms with E-state index in [1.54, 1.807) is 0 Å². The van der Waals surface area contributed by atoms with Gasteiger partial charge in [0.2, 0.25) is 0 Å². The van der Waals surface area contributed by atoms with Crippen molar-refractivity contribution in [3.63, 3.8) is 0 Å². The smallest absolute Gasteiger partial charge is 0.0626 e. The number of aliphatic hydroxyl groups excluding tert-OH is 1. The van der Waals surface area contributed by atoms with E-state index < -0.39 is 0 Å². The average molecular weight is 233 g/mol. The third kappa shape index (κ3) is 3.08. The Morgan fingerprint density at radius 2 is 1.88 bits per heavy atom. The lowest BCUT2D eigenvalue weighted by molar-refractivity contribution is 0.138. The lowest BCUT2D eigenvalue weighted by atomic mass is 9.73. The Labute approximate surface area is 104 Å². The Morgan fingerprint density at radius 1 is 1.24 bits per heavy atom. The molecule has 0 spiro atoms. The molecule has 0 aromatic heterocycles. The van der Waals surface area contributed by atoms with Crippen LogP contribution in [0.1, 0.15) is 38.3 Å². The first kappa shape index (κ1) is 12.6. The Kier molecular flexibility index (Phi) is 4.19. The van der Waals surface area contributed by atoms with Gasteiger partial charge in [0.15, 0.2) is 0 Å². The molecule has 1 aromatic rings. The highest BCUT2D eigenvalue weighted by Crippen LogP contribution is 2.34. The lowest BCUT2D eigenvalue weighted by Gasteiger charge is -2.40. The lowest BCUT2D eigenvalue weighted by Crippen LogP contribution is -2.45. The normalized spacial score (nSPS) is 25.6. The third-order valence-electron chi connectivity index (χ3n) is 3.94. The van der Waals surface area contributed by atoms with Gasteiger partial charge in [-0.2, -0.15) is 0 Å². The summed E-state index contributed by atoms with van der Waals surface area (Å²) in [6, 6.07) is 10.9. The molecule has 0 heterocycles. The van der Waals surface area contributed by atoms with Crippen molar-refractivity contribution in [2.24, 2.45) is 11.8 Å². The second kappa shape index (κ2) is 5.65. The molecule has 0 radical (unpaired) electrons. The van der Waals surface area contributed by atoms with Gasteiger partial charge < -0.3 is 10.4 Å². The van der Waals surface area contributed by atoms with E-state index in [9.17, 15) is 5.11 Å². The predicted molar refractivity (Wildman–Crippen MR) is 70.8 cm³/mol. The molecule has 0 aliphatic heterocycles. The van der Waals surface area contributed by atoms with Crippen LogP contribution >= 0.6 is 0 Å². The Morgan fingerprint density at radius 3 is 2.41 bits per heavy atom. The third-order valence-corrected chi connectivity index (χ3v) is 3.94. The zero-order valence-corrected chi connectivity index (χ0v) is 10.8.